The first kappa shape index (κ1) is 24.1. The quantitative estimate of drug-likeness (QED) is 0.266. The van der Waals surface area contributed by atoms with Gasteiger partial charge in [-0.05, 0) is 19.3 Å². The van der Waals surface area contributed by atoms with Crippen LogP contribution in [0.25, 0.3) is 0 Å². The molecule has 2 unspecified atom stereocenters. The van der Waals surface area contributed by atoms with Crippen molar-refractivity contribution in [3.05, 3.63) is 12.2 Å². The fourth-order valence-corrected chi connectivity index (χ4v) is 2.82. The molecule has 0 aromatic heterocycles. The number of rotatable bonds is 17. The molecule has 0 spiro atoms. The second-order valence-corrected chi connectivity index (χ2v) is 7.00. The molecule has 0 fully saturated rings. The van der Waals surface area contributed by atoms with Crippen LogP contribution >= 0.6 is 0 Å². The lowest BCUT2D eigenvalue weighted by atomic mass is 10.1. The van der Waals surface area contributed by atoms with E-state index in [0.717, 1.165) is 25.7 Å². The van der Waals surface area contributed by atoms with Crippen molar-refractivity contribution in [1.82, 2.24) is 5.32 Å². The number of aliphatic hydroxyl groups excluding tert-OH is 2. The first-order valence-corrected chi connectivity index (χ1v) is 10.4. The fraction of sp³-hybridized carbons (Fsp3) is 0.857. The molecular weight excluding hydrogens is 314 g/mol. The minimum absolute atomic E-state index is 0.0801. The number of carbonyl (C=O) groups excluding carboxylic acids is 1. The maximum Gasteiger partial charge on any atom is 0.220 e. The van der Waals surface area contributed by atoms with Crippen LogP contribution in [0.1, 0.15) is 97.3 Å². The molecule has 0 rings (SSSR count). The van der Waals surface area contributed by atoms with Crippen LogP contribution in [-0.2, 0) is 4.79 Å². The van der Waals surface area contributed by atoms with Crippen molar-refractivity contribution in [1.29, 1.82) is 0 Å². The number of allylic oxidation sites excluding steroid dienone is 1. The third-order valence-corrected chi connectivity index (χ3v) is 4.52. The molecule has 0 aromatic carbocycles. The molecule has 4 heteroatoms. The van der Waals surface area contributed by atoms with Crippen molar-refractivity contribution < 1.29 is 15.0 Å². The summed E-state index contributed by atoms with van der Waals surface area (Å²) in [7, 11) is 0. The summed E-state index contributed by atoms with van der Waals surface area (Å²) in [6, 6.07) is -0.607. The first-order chi connectivity index (χ1) is 12.2. The van der Waals surface area contributed by atoms with E-state index in [1.165, 1.54) is 51.4 Å². The van der Waals surface area contributed by atoms with Gasteiger partial charge < -0.3 is 15.5 Å². The zero-order valence-corrected chi connectivity index (χ0v) is 16.5. The van der Waals surface area contributed by atoms with Crippen molar-refractivity contribution in [2.45, 2.75) is 109 Å². The van der Waals surface area contributed by atoms with Gasteiger partial charge in [0.25, 0.3) is 0 Å². The van der Waals surface area contributed by atoms with E-state index in [-0.39, 0.29) is 12.5 Å². The Bertz CT molecular complexity index is 331. The first-order valence-electron chi connectivity index (χ1n) is 10.4. The summed E-state index contributed by atoms with van der Waals surface area (Å²) in [6.07, 6.45) is 17.2. The summed E-state index contributed by atoms with van der Waals surface area (Å²) < 4.78 is 0. The Hall–Kier alpha value is -0.870. The van der Waals surface area contributed by atoms with Gasteiger partial charge in [0.15, 0.2) is 0 Å². The molecule has 25 heavy (non-hydrogen) atoms. The van der Waals surface area contributed by atoms with Crippen LogP contribution in [0.2, 0.25) is 0 Å². The lowest BCUT2D eigenvalue weighted by molar-refractivity contribution is -0.123. The highest BCUT2D eigenvalue weighted by atomic mass is 16.3. The summed E-state index contributed by atoms with van der Waals surface area (Å²) in [5.74, 6) is -0.0801. The van der Waals surface area contributed by atoms with Gasteiger partial charge in [0.05, 0.1) is 18.8 Å². The van der Waals surface area contributed by atoms with Crippen LogP contribution in [0.3, 0.4) is 0 Å². The highest BCUT2D eigenvalue weighted by molar-refractivity contribution is 5.76. The number of unbranched alkanes of at least 4 members (excludes halogenated alkanes) is 10. The molecule has 0 aromatic rings. The van der Waals surface area contributed by atoms with Crippen LogP contribution in [0, 0.1) is 0 Å². The smallest absolute Gasteiger partial charge is 0.220 e. The number of carbonyl (C=O) groups is 1. The maximum atomic E-state index is 11.9. The van der Waals surface area contributed by atoms with E-state index in [9.17, 15) is 15.0 Å². The molecule has 0 saturated carbocycles. The second kappa shape index (κ2) is 17.9. The molecular formula is C21H41NO3. The van der Waals surface area contributed by atoms with Crippen LogP contribution < -0.4 is 5.32 Å². The number of hydrogen-bond donors (Lipinski definition) is 3. The van der Waals surface area contributed by atoms with E-state index in [0.29, 0.717) is 6.42 Å². The Morgan fingerprint density at radius 2 is 1.48 bits per heavy atom. The molecule has 0 aliphatic heterocycles. The lowest BCUT2D eigenvalue weighted by Gasteiger charge is -2.20. The van der Waals surface area contributed by atoms with Crippen LogP contribution in [0.15, 0.2) is 12.2 Å². The van der Waals surface area contributed by atoms with Gasteiger partial charge in [-0.2, -0.15) is 0 Å². The molecule has 1 amide bonds. The van der Waals surface area contributed by atoms with Crippen molar-refractivity contribution in [2.24, 2.45) is 0 Å². The SMILES string of the molecule is CCCCC/C=C/C(O)C(CO)NC(=O)CCCCCCCCCC. The Kier molecular flexibility index (Phi) is 17.3. The lowest BCUT2D eigenvalue weighted by Crippen LogP contribution is -2.45. The molecule has 3 N–H and O–H groups in total. The predicted molar refractivity (Wildman–Crippen MR) is 106 cm³/mol. The summed E-state index contributed by atoms with van der Waals surface area (Å²) in [5.41, 5.74) is 0. The van der Waals surface area contributed by atoms with Gasteiger partial charge in [-0.15, -0.1) is 0 Å². The Labute approximate surface area is 155 Å². The Balaban J connectivity index is 3.81. The average molecular weight is 356 g/mol. The minimum Gasteiger partial charge on any atom is -0.394 e. The predicted octanol–water partition coefficient (Wildman–Crippen LogP) is 4.49. The van der Waals surface area contributed by atoms with Gasteiger partial charge in [0.2, 0.25) is 5.91 Å². The van der Waals surface area contributed by atoms with Crippen LogP contribution in [-0.4, -0.2) is 34.9 Å². The zero-order valence-electron chi connectivity index (χ0n) is 16.5. The van der Waals surface area contributed by atoms with Crippen LogP contribution in [0.5, 0.6) is 0 Å². The highest BCUT2D eigenvalue weighted by Crippen LogP contribution is 2.10. The molecule has 0 aliphatic rings. The molecule has 0 heterocycles. The van der Waals surface area contributed by atoms with Crippen LogP contribution in [0.4, 0.5) is 0 Å². The third kappa shape index (κ3) is 15.1. The molecule has 0 aliphatic carbocycles. The van der Waals surface area contributed by atoms with E-state index >= 15 is 0 Å². The summed E-state index contributed by atoms with van der Waals surface area (Å²) in [4.78, 5) is 11.9. The molecule has 148 valence electrons. The van der Waals surface area contributed by atoms with Gasteiger partial charge in [0, 0.05) is 6.42 Å². The van der Waals surface area contributed by atoms with Crippen molar-refractivity contribution >= 4 is 5.91 Å². The van der Waals surface area contributed by atoms with Crippen molar-refractivity contribution in [3.63, 3.8) is 0 Å². The normalized spacial score (nSPS) is 13.9. The zero-order chi connectivity index (χ0) is 18.8. The van der Waals surface area contributed by atoms with Gasteiger partial charge >= 0.3 is 0 Å². The maximum absolute atomic E-state index is 11.9. The van der Waals surface area contributed by atoms with E-state index in [4.69, 9.17) is 0 Å². The number of aliphatic hydroxyl groups is 2. The number of amides is 1. The molecule has 0 bridgehead atoms. The largest absolute Gasteiger partial charge is 0.394 e. The summed E-state index contributed by atoms with van der Waals surface area (Å²) >= 11 is 0. The minimum atomic E-state index is -0.825. The van der Waals surface area contributed by atoms with Gasteiger partial charge in [-0.25, -0.2) is 0 Å². The van der Waals surface area contributed by atoms with E-state index in [1.807, 2.05) is 6.08 Å². The molecule has 4 nitrogen and oxygen atoms in total. The van der Waals surface area contributed by atoms with Gasteiger partial charge in [0.1, 0.15) is 0 Å². The monoisotopic (exact) mass is 355 g/mol. The van der Waals surface area contributed by atoms with Gasteiger partial charge in [-0.1, -0.05) is 83.8 Å². The topological polar surface area (TPSA) is 69.6 Å². The van der Waals surface area contributed by atoms with Crippen molar-refractivity contribution in [3.8, 4) is 0 Å². The average Bonchev–Trinajstić information content (AvgIpc) is 2.61. The number of nitrogens with one attached hydrogen (secondary N) is 1. The molecule has 0 saturated heterocycles. The second-order valence-electron chi connectivity index (χ2n) is 7.00. The summed E-state index contributed by atoms with van der Waals surface area (Å²) in [6.45, 7) is 4.13. The molecule has 2 atom stereocenters. The Morgan fingerprint density at radius 3 is 2.08 bits per heavy atom. The third-order valence-electron chi connectivity index (χ3n) is 4.52. The standard InChI is InChI=1S/C21H41NO3/c1-3-5-7-9-10-11-13-15-17-21(25)22-19(18-23)20(24)16-14-12-8-6-4-2/h14,16,19-20,23-24H,3-13,15,17-18H2,1-2H3,(H,22,25)/b16-14+. The van der Waals surface area contributed by atoms with E-state index in [1.54, 1.807) is 6.08 Å². The van der Waals surface area contributed by atoms with Gasteiger partial charge in [-0.3, -0.25) is 4.79 Å². The summed E-state index contributed by atoms with van der Waals surface area (Å²) in [5, 5.41) is 22.2. The molecule has 0 radical (unpaired) electrons. The Morgan fingerprint density at radius 1 is 0.920 bits per heavy atom. The number of hydrogen-bond acceptors (Lipinski definition) is 3. The highest BCUT2D eigenvalue weighted by Gasteiger charge is 2.17. The van der Waals surface area contributed by atoms with Crippen molar-refractivity contribution in [2.75, 3.05) is 6.61 Å². The van der Waals surface area contributed by atoms with E-state index in [2.05, 4.69) is 19.2 Å². The van der Waals surface area contributed by atoms with E-state index < -0.39 is 12.1 Å². The fourth-order valence-electron chi connectivity index (χ4n) is 2.82.